The zero-order chi connectivity index (χ0) is 43.8. The number of methoxy groups -OCH3 is 1. The van der Waals surface area contributed by atoms with Crippen LogP contribution < -0.4 is 10.6 Å². The molecule has 61 heavy (non-hydrogen) atoms. The Balaban J connectivity index is 0.000000201. The summed E-state index contributed by atoms with van der Waals surface area (Å²) in [6.45, 7) is 9.69. The van der Waals surface area contributed by atoms with Gasteiger partial charge in [0.1, 0.15) is 11.7 Å². The van der Waals surface area contributed by atoms with E-state index >= 15 is 0 Å². The van der Waals surface area contributed by atoms with Crippen LogP contribution in [0, 0.1) is 11.8 Å². The standard InChI is InChI=1S/C20H12N4S2.C13H18N2O.C8H14N2O2.C3H8.C2H4O2/c1-3-14(18-8-22-12-24-18)4-2-13(1)17-10-26-19-15(9-25-20(17)19)5-6-16-7-21-11-23-16;1-14-12(11-7-3-2-4-8-11)13(16)15-9-5-6-10-15;1-7(11)9-6-8(12)10-4-2-3-5-10;1-3-2;1-4-2-3/h1-4,7-12H,(H,21,23)(H,22,24);2-4,7-8,12,14H,5-6,9-10H2,1H3;2-6H2,1H3,(H,9,11);3H2,1-2H3;2H,1H3. The van der Waals surface area contributed by atoms with Crippen molar-refractivity contribution in [2.24, 2.45) is 0 Å². The minimum absolute atomic E-state index is 0.0303. The molecule has 0 aliphatic carbocycles. The molecule has 0 radical (unpaired) electrons. The van der Waals surface area contributed by atoms with Gasteiger partial charge in [-0.15, -0.1) is 22.7 Å². The number of carbonyl (C=O) groups is 4. The number of thiophene rings is 2. The number of likely N-dealkylation sites (tertiary alicyclic amines) is 2. The van der Waals surface area contributed by atoms with Crippen molar-refractivity contribution < 1.29 is 23.9 Å². The fourth-order valence-electron chi connectivity index (χ4n) is 6.29. The SMILES string of the molecule is C(#Cc1csc2c(-c3ccc(-c4cnc[nH]4)cc3)csc12)c1cnc[nH]1.CC(=O)NCC(=O)N1CCCC1.CCC.CNC(C(=O)N1CCCC1)c1ccccc1.COC=O. The van der Waals surface area contributed by atoms with Crippen LogP contribution in [0.1, 0.15) is 75.7 Å². The van der Waals surface area contributed by atoms with Gasteiger partial charge >= 0.3 is 0 Å². The van der Waals surface area contributed by atoms with Gasteiger partial charge in [0.25, 0.3) is 6.47 Å². The lowest BCUT2D eigenvalue weighted by Gasteiger charge is -2.23. The van der Waals surface area contributed by atoms with Crippen molar-refractivity contribution in [3.63, 3.8) is 0 Å². The van der Waals surface area contributed by atoms with Crippen molar-refractivity contribution in [2.45, 2.75) is 58.9 Å². The molecule has 4 aromatic heterocycles. The highest BCUT2D eigenvalue weighted by atomic mass is 32.1. The Kier molecular flexibility index (Phi) is 20.4. The number of ether oxygens (including phenoxy) is 1. The Labute approximate surface area is 366 Å². The van der Waals surface area contributed by atoms with E-state index < -0.39 is 0 Å². The maximum atomic E-state index is 12.2. The van der Waals surface area contributed by atoms with E-state index in [0.717, 1.165) is 79.9 Å². The average Bonchev–Trinajstić information content (AvgIpc) is 4.14. The van der Waals surface area contributed by atoms with Gasteiger partial charge in [0, 0.05) is 49.4 Å². The topological polar surface area (TPSA) is 165 Å². The first-order valence-corrected chi connectivity index (χ1v) is 22.1. The lowest BCUT2D eigenvalue weighted by Crippen LogP contribution is -2.38. The highest BCUT2D eigenvalue weighted by Crippen LogP contribution is 2.40. The lowest BCUT2D eigenvalue weighted by atomic mass is 10.1. The summed E-state index contributed by atoms with van der Waals surface area (Å²) in [7, 11) is 3.15. The fourth-order valence-corrected chi connectivity index (χ4v) is 8.60. The van der Waals surface area contributed by atoms with Gasteiger partial charge in [0.05, 0.1) is 59.4 Å². The normalized spacial score (nSPS) is 13.0. The number of amides is 3. The summed E-state index contributed by atoms with van der Waals surface area (Å²) < 4.78 is 6.40. The Bertz CT molecular complexity index is 2250. The molecule has 2 aliphatic rings. The molecule has 2 aromatic carbocycles. The van der Waals surface area contributed by atoms with Crippen LogP contribution in [0.3, 0.4) is 0 Å². The largest absolute Gasteiger partial charge is 0.471 e. The van der Waals surface area contributed by atoms with E-state index in [-0.39, 0.29) is 30.3 Å². The number of rotatable bonds is 8. The van der Waals surface area contributed by atoms with Crippen molar-refractivity contribution >= 4 is 56.3 Å². The average molecular weight is 865 g/mol. The van der Waals surface area contributed by atoms with E-state index in [4.69, 9.17) is 4.79 Å². The van der Waals surface area contributed by atoms with Gasteiger partial charge in [0.15, 0.2) is 0 Å². The number of aromatic amines is 2. The molecule has 2 aliphatic heterocycles. The number of nitrogens with zero attached hydrogens (tertiary/aromatic N) is 4. The predicted octanol–water partition coefficient (Wildman–Crippen LogP) is 7.66. The van der Waals surface area contributed by atoms with Crippen molar-refractivity contribution in [1.82, 2.24) is 40.4 Å². The first kappa shape index (κ1) is 47.6. The number of hydrogen-bond acceptors (Lipinski definition) is 10. The van der Waals surface area contributed by atoms with Gasteiger partial charge < -0.3 is 35.1 Å². The van der Waals surface area contributed by atoms with Crippen LogP contribution in [0.25, 0.3) is 31.8 Å². The third kappa shape index (κ3) is 14.9. The van der Waals surface area contributed by atoms with Crippen LogP contribution in [0.4, 0.5) is 0 Å². The van der Waals surface area contributed by atoms with Crippen LogP contribution in [0.5, 0.6) is 0 Å². The van der Waals surface area contributed by atoms with E-state index in [1.807, 2.05) is 48.5 Å². The summed E-state index contributed by atoms with van der Waals surface area (Å²) in [5, 5.41) is 9.94. The number of benzene rings is 2. The molecule has 8 rings (SSSR count). The number of imidazole rings is 2. The van der Waals surface area contributed by atoms with Gasteiger partial charge in [-0.1, -0.05) is 80.8 Å². The van der Waals surface area contributed by atoms with Crippen LogP contribution in [-0.2, 0) is 23.9 Å². The molecule has 0 bridgehead atoms. The third-order valence-electron chi connectivity index (χ3n) is 9.25. The lowest BCUT2D eigenvalue weighted by molar-refractivity contribution is -0.132. The molecule has 0 spiro atoms. The van der Waals surface area contributed by atoms with E-state index in [2.05, 4.69) is 96.0 Å². The first-order valence-electron chi connectivity index (χ1n) is 20.3. The number of likely N-dealkylation sites (N-methyl/N-ethyl adjacent to an activating group) is 1. The molecular weight excluding hydrogens is 809 g/mol. The molecule has 6 aromatic rings. The molecule has 3 amide bonds. The van der Waals surface area contributed by atoms with Gasteiger partial charge in [-0.2, -0.15) is 0 Å². The van der Waals surface area contributed by atoms with Crippen molar-refractivity contribution in [3.8, 4) is 34.2 Å². The molecule has 15 heteroatoms. The maximum Gasteiger partial charge on any atom is 0.292 e. The number of H-pyrrole nitrogens is 2. The second-order valence-electron chi connectivity index (χ2n) is 13.9. The third-order valence-corrected chi connectivity index (χ3v) is 11.4. The first-order chi connectivity index (χ1) is 29.7. The molecule has 1 unspecified atom stereocenters. The Morgan fingerprint density at radius 3 is 1.98 bits per heavy atom. The van der Waals surface area contributed by atoms with Crippen LogP contribution in [0.15, 0.2) is 90.4 Å². The van der Waals surface area contributed by atoms with Crippen molar-refractivity contribution in [1.29, 1.82) is 0 Å². The van der Waals surface area contributed by atoms with Gasteiger partial charge in [-0.05, 0) is 55.3 Å². The number of hydrogen-bond donors (Lipinski definition) is 4. The zero-order valence-corrected chi connectivity index (χ0v) is 37.2. The highest BCUT2D eigenvalue weighted by Gasteiger charge is 2.26. The number of carbonyl (C=O) groups excluding carboxylic acids is 4. The summed E-state index contributed by atoms with van der Waals surface area (Å²) in [5.41, 5.74) is 7.59. The molecule has 2 saturated heterocycles. The summed E-state index contributed by atoms with van der Waals surface area (Å²) in [4.78, 5) is 60.9. The minimum atomic E-state index is -0.195. The molecule has 1 atom stereocenters. The maximum absolute atomic E-state index is 12.2. The molecule has 0 saturated carbocycles. The highest BCUT2D eigenvalue weighted by molar-refractivity contribution is 7.27. The molecule has 2 fully saturated rings. The predicted molar refractivity (Wildman–Crippen MR) is 245 cm³/mol. The van der Waals surface area contributed by atoms with Gasteiger partial charge in [-0.25, -0.2) is 9.97 Å². The smallest absolute Gasteiger partial charge is 0.292 e. The van der Waals surface area contributed by atoms with E-state index in [1.54, 1.807) is 46.4 Å². The molecule has 6 heterocycles. The Morgan fingerprint density at radius 1 is 0.836 bits per heavy atom. The fraction of sp³-hybridized carbons (Fsp3) is 0.348. The molecule has 322 valence electrons. The molecule has 13 nitrogen and oxygen atoms in total. The van der Waals surface area contributed by atoms with Crippen LogP contribution in [-0.4, -0.2) is 101 Å². The second kappa shape index (κ2) is 26.2. The number of nitrogens with one attached hydrogen (secondary N) is 4. The van der Waals surface area contributed by atoms with Crippen molar-refractivity contribution in [2.75, 3.05) is 46.9 Å². The second-order valence-corrected chi connectivity index (χ2v) is 15.7. The summed E-state index contributed by atoms with van der Waals surface area (Å²) in [6.07, 6.45) is 12.6. The number of fused-ring (bicyclic) bond motifs is 1. The minimum Gasteiger partial charge on any atom is -0.471 e. The van der Waals surface area contributed by atoms with Crippen LogP contribution >= 0.6 is 22.7 Å². The number of aromatic nitrogens is 4. The van der Waals surface area contributed by atoms with Gasteiger partial charge in [0.2, 0.25) is 17.7 Å². The summed E-state index contributed by atoms with van der Waals surface area (Å²) >= 11 is 3.49. The van der Waals surface area contributed by atoms with Gasteiger partial charge in [-0.3, -0.25) is 19.2 Å². The summed E-state index contributed by atoms with van der Waals surface area (Å²) in [6, 6.07) is 18.3. The quantitative estimate of drug-likeness (QED) is 0.0895. The molecule has 4 N–H and O–H groups in total. The van der Waals surface area contributed by atoms with E-state index in [1.165, 1.54) is 41.0 Å². The van der Waals surface area contributed by atoms with E-state index in [0.29, 0.717) is 6.47 Å². The monoisotopic (exact) mass is 864 g/mol. The van der Waals surface area contributed by atoms with Crippen LogP contribution in [0.2, 0.25) is 0 Å². The van der Waals surface area contributed by atoms with Crippen molar-refractivity contribution in [3.05, 3.63) is 107 Å². The zero-order valence-electron chi connectivity index (χ0n) is 35.5. The molecular formula is C46H56N8O5S2. The Morgan fingerprint density at radius 2 is 1.43 bits per heavy atom. The summed E-state index contributed by atoms with van der Waals surface area (Å²) in [5.74, 6) is 6.46. The Hall–Kier alpha value is -6.08. The van der Waals surface area contributed by atoms with E-state index in [9.17, 15) is 14.4 Å².